The molecule has 3 aromatic rings. The Balaban J connectivity index is 1.59. The number of benzene rings is 2. The Morgan fingerprint density at radius 3 is 2.47 bits per heavy atom. The Kier molecular flexibility index (Phi) is 6.53. The quantitative estimate of drug-likeness (QED) is 0.330. The number of carbonyl (C=O) groups excluding carboxylic acids is 2. The molecule has 0 aliphatic carbocycles. The summed E-state index contributed by atoms with van der Waals surface area (Å²) in [7, 11) is 0. The molecule has 0 radical (unpaired) electrons. The van der Waals surface area contributed by atoms with Gasteiger partial charge in [-0.3, -0.25) is 19.0 Å². The van der Waals surface area contributed by atoms with Crippen LogP contribution in [0.15, 0.2) is 57.3 Å². The summed E-state index contributed by atoms with van der Waals surface area (Å²) < 4.78 is 1.62. The van der Waals surface area contributed by atoms with E-state index in [0.29, 0.717) is 21.3 Å². The number of ketones is 1. The van der Waals surface area contributed by atoms with E-state index in [1.165, 1.54) is 18.7 Å². The molecule has 1 amide bonds. The average molecular weight is 466 g/mol. The summed E-state index contributed by atoms with van der Waals surface area (Å²) in [5.74, 6) is 0.720. The number of hydrogen-bond donors (Lipinski definition) is 1. The number of aryl methyl sites for hydroxylation is 3. The van der Waals surface area contributed by atoms with Gasteiger partial charge in [-0.15, -0.1) is 11.8 Å². The topological polar surface area (TPSA) is 81.1 Å². The van der Waals surface area contributed by atoms with Gasteiger partial charge in [0.25, 0.3) is 5.56 Å². The van der Waals surface area contributed by atoms with Gasteiger partial charge in [-0.25, -0.2) is 4.98 Å². The van der Waals surface area contributed by atoms with Crippen molar-refractivity contribution in [3.8, 4) is 5.69 Å². The van der Waals surface area contributed by atoms with Gasteiger partial charge in [0.15, 0.2) is 10.9 Å². The van der Waals surface area contributed by atoms with E-state index in [9.17, 15) is 14.4 Å². The summed E-state index contributed by atoms with van der Waals surface area (Å²) in [4.78, 5) is 42.7. The van der Waals surface area contributed by atoms with Crippen molar-refractivity contribution in [2.75, 3.05) is 16.8 Å². The van der Waals surface area contributed by atoms with Crippen LogP contribution in [0.1, 0.15) is 34.1 Å². The minimum Gasteiger partial charge on any atom is -0.325 e. The van der Waals surface area contributed by atoms with Gasteiger partial charge in [-0.1, -0.05) is 17.8 Å². The highest BCUT2D eigenvalue weighted by atomic mass is 32.2. The minimum absolute atomic E-state index is 0.0244. The SMILES string of the molecule is CC(=O)c1ccc(NC(=O)CSc2nc3c(c(=O)n2-c2cc(C)cc(C)c2)SCC3)cc1. The van der Waals surface area contributed by atoms with Crippen LogP contribution < -0.4 is 10.9 Å². The number of Topliss-reactive ketones (excluding diaryl/α,β-unsaturated/α-hetero) is 1. The highest BCUT2D eigenvalue weighted by Gasteiger charge is 2.23. The third-order valence-corrected chi connectivity index (χ3v) is 7.08. The van der Waals surface area contributed by atoms with E-state index in [1.807, 2.05) is 26.0 Å². The Labute approximate surface area is 194 Å². The van der Waals surface area contributed by atoms with Gasteiger partial charge in [-0.2, -0.15) is 0 Å². The Morgan fingerprint density at radius 2 is 1.81 bits per heavy atom. The van der Waals surface area contributed by atoms with Crippen molar-refractivity contribution in [3.05, 3.63) is 75.2 Å². The summed E-state index contributed by atoms with van der Waals surface area (Å²) in [6, 6.07) is 12.8. The lowest BCUT2D eigenvalue weighted by Gasteiger charge is -2.15. The number of nitrogens with one attached hydrogen (secondary N) is 1. The lowest BCUT2D eigenvalue weighted by molar-refractivity contribution is -0.113. The zero-order valence-electron chi connectivity index (χ0n) is 18.1. The first-order valence-electron chi connectivity index (χ1n) is 10.2. The number of anilines is 1. The summed E-state index contributed by atoms with van der Waals surface area (Å²) in [5.41, 5.74) is 4.82. The van der Waals surface area contributed by atoms with Crippen LogP contribution in [-0.4, -0.2) is 32.7 Å². The van der Waals surface area contributed by atoms with E-state index < -0.39 is 0 Å². The molecule has 6 nitrogen and oxygen atoms in total. The molecular formula is C24H23N3O3S2. The number of nitrogens with zero attached hydrogens (tertiary/aromatic N) is 2. The van der Waals surface area contributed by atoms with Crippen LogP contribution in [0.2, 0.25) is 0 Å². The number of thioether (sulfide) groups is 2. The van der Waals surface area contributed by atoms with E-state index in [-0.39, 0.29) is 23.0 Å². The molecule has 0 spiro atoms. The fraction of sp³-hybridized carbons (Fsp3) is 0.250. The number of amides is 1. The maximum absolute atomic E-state index is 13.3. The zero-order valence-corrected chi connectivity index (χ0v) is 19.7. The Bertz CT molecular complexity index is 1250. The Morgan fingerprint density at radius 1 is 1.12 bits per heavy atom. The smallest absolute Gasteiger partial charge is 0.272 e. The first-order valence-corrected chi connectivity index (χ1v) is 12.2. The molecule has 32 heavy (non-hydrogen) atoms. The summed E-state index contributed by atoms with van der Waals surface area (Å²) >= 11 is 2.79. The van der Waals surface area contributed by atoms with Crippen LogP contribution in [-0.2, 0) is 11.2 Å². The molecule has 8 heteroatoms. The van der Waals surface area contributed by atoms with Crippen molar-refractivity contribution >= 4 is 40.9 Å². The molecule has 0 saturated heterocycles. The van der Waals surface area contributed by atoms with E-state index in [0.717, 1.165) is 34.7 Å². The van der Waals surface area contributed by atoms with Crippen LogP contribution in [0.5, 0.6) is 0 Å². The second-order valence-electron chi connectivity index (χ2n) is 7.73. The van der Waals surface area contributed by atoms with Crippen LogP contribution in [0.25, 0.3) is 5.69 Å². The second kappa shape index (κ2) is 9.34. The van der Waals surface area contributed by atoms with Crippen molar-refractivity contribution in [1.82, 2.24) is 9.55 Å². The normalized spacial score (nSPS) is 12.5. The zero-order chi connectivity index (χ0) is 22.8. The molecule has 0 saturated carbocycles. The number of fused-ring (bicyclic) bond motifs is 1. The molecule has 164 valence electrons. The van der Waals surface area contributed by atoms with Gasteiger partial charge in [-0.05, 0) is 68.3 Å². The molecule has 0 unspecified atom stereocenters. The molecule has 2 aromatic carbocycles. The average Bonchev–Trinajstić information content (AvgIpc) is 3.21. The first kappa shape index (κ1) is 22.4. The van der Waals surface area contributed by atoms with Crippen molar-refractivity contribution in [2.24, 2.45) is 0 Å². The number of rotatable bonds is 6. The maximum atomic E-state index is 13.3. The minimum atomic E-state index is -0.207. The third kappa shape index (κ3) is 4.81. The van der Waals surface area contributed by atoms with Crippen molar-refractivity contribution in [3.63, 3.8) is 0 Å². The molecule has 4 rings (SSSR count). The fourth-order valence-corrected chi connectivity index (χ4v) is 5.47. The van der Waals surface area contributed by atoms with Gasteiger partial charge in [0.2, 0.25) is 5.91 Å². The predicted octanol–water partition coefficient (Wildman–Crippen LogP) is 4.43. The van der Waals surface area contributed by atoms with Crippen LogP contribution in [0.3, 0.4) is 0 Å². The molecule has 1 N–H and O–H groups in total. The van der Waals surface area contributed by atoms with Gasteiger partial charge >= 0.3 is 0 Å². The van der Waals surface area contributed by atoms with E-state index in [4.69, 9.17) is 4.98 Å². The third-order valence-electron chi connectivity index (χ3n) is 5.04. The molecule has 1 aromatic heterocycles. The molecule has 0 bridgehead atoms. The lowest BCUT2D eigenvalue weighted by Crippen LogP contribution is -2.25. The van der Waals surface area contributed by atoms with E-state index in [1.54, 1.807) is 40.6 Å². The highest BCUT2D eigenvalue weighted by Crippen LogP contribution is 2.30. The molecule has 0 atom stereocenters. The monoisotopic (exact) mass is 465 g/mol. The molecule has 2 heterocycles. The highest BCUT2D eigenvalue weighted by molar-refractivity contribution is 8.00. The van der Waals surface area contributed by atoms with Crippen LogP contribution in [0.4, 0.5) is 5.69 Å². The summed E-state index contributed by atoms with van der Waals surface area (Å²) in [6.45, 7) is 5.49. The van der Waals surface area contributed by atoms with Crippen molar-refractivity contribution < 1.29 is 9.59 Å². The van der Waals surface area contributed by atoms with Gasteiger partial charge in [0, 0.05) is 23.4 Å². The first-order chi connectivity index (χ1) is 15.3. The molecule has 0 fully saturated rings. The lowest BCUT2D eigenvalue weighted by atomic mass is 10.1. The predicted molar refractivity (Wildman–Crippen MR) is 130 cm³/mol. The number of carbonyl (C=O) groups is 2. The Hall–Kier alpha value is -2.84. The van der Waals surface area contributed by atoms with Crippen molar-refractivity contribution in [2.45, 2.75) is 37.2 Å². The largest absolute Gasteiger partial charge is 0.325 e. The van der Waals surface area contributed by atoms with E-state index >= 15 is 0 Å². The molecule has 1 aliphatic rings. The fourth-order valence-electron chi connectivity index (χ4n) is 3.61. The maximum Gasteiger partial charge on any atom is 0.272 e. The second-order valence-corrected chi connectivity index (χ2v) is 9.77. The standard InChI is InChI=1S/C24H23N3O3S2/c1-14-10-15(2)12-19(11-14)27-23(30)22-20(8-9-31-22)26-24(27)32-13-21(29)25-18-6-4-17(5-7-18)16(3)28/h4-7,10-12H,8-9,13H2,1-3H3,(H,25,29). The summed E-state index contributed by atoms with van der Waals surface area (Å²) in [6.07, 6.45) is 0.755. The van der Waals surface area contributed by atoms with Gasteiger partial charge in [0.1, 0.15) is 0 Å². The van der Waals surface area contributed by atoms with Crippen LogP contribution in [0, 0.1) is 13.8 Å². The van der Waals surface area contributed by atoms with Gasteiger partial charge in [0.05, 0.1) is 22.0 Å². The van der Waals surface area contributed by atoms with E-state index in [2.05, 4.69) is 11.4 Å². The molecular weight excluding hydrogens is 442 g/mol. The number of hydrogen-bond acceptors (Lipinski definition) is 6. The van der Waals surface area contributed by atoms with Crippen LogP contribution >= 0.6 is 23.5 Å². The van der Waals surface area contributed by atoms with Gasteiger partial charge < -0.3 is 5.32 Å². The van der Waals surface area contributed by atoms with Crippen molar-refractivity contribution in [1.29, 1.82) is 0 Å². The number of aromatic nitrogens is 2. The summed E-state index contributed by atoms with van der Waals surface area (Å²) in [5, 5.41) is 3.35. The molecule has 1 aliphatic heterocycles.